The van der Waals surface area contributed by atoms with Gasteiger partial charge in [-0.3, -0.25) is 4.90 Å². The molecule has 1 atom stereocenters. The summed E-state index contributed by atoms with van der Waals surface area (Å²) in [7, 11) is 0. The largest absolute Gasteiger partial charge is 0.390 e. The molecule has 1 heterocycles. The Morgan fingerprint density at radius 3 is 2.79 bits per heavy atom. The Morgan fingerprint density at radius 1 is 1.32 bits per heavy atom. The van der Waals surface area contributed by atoms with Crippen LogP contribution in [0.4, 0.5) is 14.5 Å². The van der Waals surface area contributed by atoms with Crippen molar-refractivity contribution in [1.82, 2.24) is 4.90 Å². The number of nitrogens with zero attached hydrogens (tertiary/aromatic N) is 1. The van der Waals surface area contributed by atoms with Gasteiger partial charge in [0.15, 0.2) is 11.6 Å². The van der Waals surface area contributed by atoms with E-state index in [1.807, 2.05) is 0 Å². The van der Waals surface area contributed by atoms with Gasteiger partial charge in [-0.15, -0.1) is 0 Å². The molecular weight excluding hydrogens is 254 g/mol. The number of β-amino-alcohol motifs (C(OH)–C–C–N with tert-alkyl or cyclic N) is 1. The lowest BCUT2D eigenvalue weighted by molar-refractivity contribution is 0.0171. The van der Waals surface area contributed by atoms with Gasteiger partial charge in [0, 0.05) is 26.2 Å². The average Bonchev–Trinajstić information content (AvgIpc) is 2.42. The predicted octanol–water partition coefficient (Wildman–Crippen LogP) is 1.07. The third-order valence-corrected chi connectivity index (χ3v) is 3.05. The molecule has 0 saturated carbocycles. The van der Waals surface area contributed by atoms with E-state index in [9.17, 15) is 13.9 Å². The van der Waals surface area contributed by atoms with E-state index in [0.29, 0.717) is 19.8 Å². The lowest BCUT2D eigenvalue weighted by Gasteiger charge is -2.28. The summed E-state index contributed by atoms with van der Waals surface area (Å²) >= 11 is 0. The Bertz CT molecular complexity index is 412. The highest BCUT2D eigenvalue weighted by Gasteiger charge is 2.15. The summed E-state index contributed by atoms with van der Waals surface area (Å²) in [6.45, 7) is 3.57. The molecule has 0 aliphatic carbocycles. The third kappa shape index (κ3) is 4.12. The van der Waals surface area contributed by atoms with E-state index in [2.05, 4.69) is 10.2 Å². The zero-order valence-corrected chi connectivity index (χ0v) is 10.6. The van der Waals surface area contributed by atoms with Gasteiger partial charge in [-0.25, -0.2) is 8.78 Å². The molecule has 1 aromatic carbocycles. The fourth-order valence-corrected chi connectivity index (χ4v) is 2.01. The summed E-state index contributed by atoms with van der Waals surface area (Å²) in [5, 5.41) is 12.6. The summed E-state index contributed by atoms with van der Waals surface area (Å²) in [6, 6.07) is 3.93. The average molecular weight is 272 g/mol. The van der Waals surface area contributed by atoms with Crippen molar-refractivity contribution >= 4 is 5.69 Å². The second-order valence-electron chi connectivity index (χ2n) is 4.55. The maximum absolute atomic E-state index is 13.4. The number of nitrogens with one attached hydrogen (secondary N) is 1. The number of hydrogen-bond donors (Lipinski definition) is 2. The van der Waals surface area contributed by atoms with Gasteiger partial charge in [0.25, 0.3) is 0 Å². The highest BCUT2D eigenvalue weighted by molar-refractivity contribution is 5.44. The van der Waals surface area contributed by atoms with E-state index in [4.69, 9.17) is 4.74 Å². The number of rotatable bonds is 5. The van der Waals surface area contributed by atoms with Gasteiger partial charge in [-0.2, -0.15) is 0 Å². The van der Waals surface area contributed by atoms with Crippen LogP contribution in [0.25, 0.3) is 0 Å². The fourth-order valence-electron chi connectivity index (χ4n) is 2.01. The Labute approximate surface area is 111 Å². The molecule has 0 spiro atoms. The van der Waals surface area contributed by atoms with Gasteiger partial charge >= 0.3 is 0 Å². The van der Waals surface area contributed by atoms with E-state index in [1.54, 1.807) is 0 Å². The quantitative estimate of drug-likeness (QED) is 0.841. The summed E-state index contributed by atoms with van der Waals surface area (Å²) < 4.78 is 31.6. The number of morpholine rings is 1. The number of aliphatic hydroxyl groups is 1. The van der Waals surface area contributed by atoms with Crippen LogP contribution in [-0.2, 0) is 4.74 Å². The smallest absolute Gasteiger partial charge is 0.181 e. The number of anilines is 1. The highest BCUT2D eigenvalue weighted by atomic mass is 19.2. The SMILES string of the molecule is OC(CNc1cccc(F)c1F)CN1CCOCC1. The first-order valence-electron chi connectivity index (χ1n) is 6.33. The van der Waals surface area contributed by atoms with Crippen LogP contribution < -0.4 is 5.32 Å². The van der Waals surface area contributed by atoms with E-state index >= 15 is 0 Å². The standard InChI is InChI=1S/C13H18F2N2O2/c14-11-2-1-3-12(13(11)15)16-8-10(18)9-17-4-6-19-7-5-17/h1-3,10,16,18H,4-9H2. The number of hydrogen-bond acceptors (Lipinski definition) is 4. The topological polar surface area (TPSA) is 44.7 Å². The first-order chi connectivity index (χ1) is 9.16. The molecule has 19 heavy (non-hydrogen) atoms. The lowest BCUT2D eigenvalue weighted by Crippen LogP contribution is -2.42. The second kappa shape index (κ2) is 6.79. The maximum atomic E-state index is 13.4. The normalized spacial score (nSPS) is 18.3. The molecule has 1 aliphatic rings. The fraction of sp³-hybridized carbons (Fsp3) is 0.538. The molecule has 6 heteroatoms. The number of halogens is 2. The molecule has 0 radical (unpaired) electrons. The molecule has 0 aromatic heterocycles. The Morgan fingerprint density at radius 2 is 2.05 bits per heavy atom. The summed E-state index contributed by atoms with van der Waals surface area (Å²) in [5.41, 5.74) is 0.0704. The van der Waals surface area contributed by atoms with Crippen molar-refractivity contribution in [1.29, 1.82) is 0 Å². The molecule has 4 nitrogen and oxygen atoms in total. The summed E-state index contributed by atoms with van der Waals surface area (Å²) in [6.07, 6.45) is -0.638. The van der Waals surface area contributed by atoms with Gasteiger partial charge in [0.2, 0.25) is 0 Å². The molecule has 1 unspecified atom stereocenters. The minimum atomic E-state index is -0.916. The first kappa shape index (κ1) is 14.2. The maximum Gasteiger partial charge on any atom is 0.181 e. The molecule has 1 fully saturated rings. The van der Waals surface area contributed by atoms with Gasteiger partial charge in [0.05, 0.1) is 25.0 Å². The van der Waals surface area contributed by atoms with Gasteiger partial charge in [0.1, 0.15) is 0 Å². The molecule has 2 rings (SSSR count). The zero-order chi connectivity index (χ0) is 13.7. The minimum Gasteiger partial charge on any atom is -0.390 e. The number of ether oxygens (including phenoxy) is 1. The van der Waals surface area contributed by atoms with Crippen molar-refractivity contribution in [3.05, 3.63) is 29.8 Å². The minimum absolute atomic E-state index is 0.0704. The molecular formula is C13H18F2N2O2. The van der Waals surface area contributed by atoms with Crippen LogP contribution in [0.15, 0.2) is 18.2 Å². The molecule has 0 bridgehead atoms. The van der Waals surface area contributed by atoms with Crippen molar-refractivity contribution in [2.45, 2.75) is 6.10 Å². The van der Waals surface area contributed by atoms with Crippen LogP contribution >= 0.6 is 0 Å². The van der Waals surface area contributed by atoms with Crippen molar-refractivity contribution in [2.24, 2.45) is 0 Å². The first-order valence-corrected chi connectivity index (χ1v) is 6.33. The molecule has 106 valence electrons. The zero-order valence-electron chi connectivity index (χ0n) is 10.6. The van der Waals surface area contributed by atoms with Crippen LogP contribution in [0.1, 0.15) is 0 Å². The van der Waals surface area contributed by atoms with Gasteiger partial charge in [-0.05, 0) is 12.1 Å². The van der Waals surface area contributed by atoms with Gasteiger partial charge in [-0.1, -0.05) is 6.07 Å². The van der Waals surface area contributed by atoms with Crippen LogP contribution in [0.5, 0.6) is 0 Å². The predicted molar refractivity (Wildman–Crippen MR) is 68.1 cm³/mol. The number of aliphatic hydroxyl groups excluding tert-OH is 1. The van der Waals surface area contributed by atoms with Crippen LogP contribution in [0.3, 0.4) is 0 Å². The third-order valence-electron chi connectivity index (χ3n) is 3.05. The molecule has 1 saturated heterocycles. The van der Waals surface area contributed by atoms with Crippen LogP contribution in [-0.4, -0.2) is 55.5 Å². The van der Waals surface area contributed by atoms with E-state index in [0.717, 1.165) is 19.2 Å². The monoisotopic (exact) mass is 272 g/mol. The molecule has 0 amide bonds. The van der Waals surface area contributed by atoms with E-state index in [-0.39, 0.29) is 12.2 Å². The van der Waals surface area contributed by atoms with E-state index < -0.39 is 17.7 Å². The van der Waals surface area contributed by atoms with Crippen molar-refractivity contribution in [2.75, 3.05) is 44.7 Å². The van der Waals surface area contributed by atoms with Crippen molar-refractivity contribution in [3.8, 4) is 0 Å². The van der Waals surface area contributed by atoms with E-state index in [1.165, 1.54) is 12.1 Å². The molecule has 2 N–H and O–H groups in total. The van der Waals surface area contributed by atoms with Gasteiger partial charge < -0.3 is 15.2 Å². The van der Waals surface area contributed by atoms with Crippen LogP contribution in [0, 0.1) is 11.6 Å². The van der Waals surface area contributed by atoms with Crippen molar-refractivity contribution < 1.29 is 18.6 Å². The highest BCUT2D eigenvalue weighted by Crippen LogP contribution is 2.16. The molecule has 1 aromatic rings. The van der Waals surface area contributed by atoms with Crippen molar-refractivity contribution in [3.63, 3.8) is 0 Å². The lowest BCUT2D eigenvalue weighted by atomic mass is 10.2. The molecule has 1 aliphatic heterocycles. The van der Waals surface area contributed by atoms with Crippen LogP contribution in [0.2, 0.25) is 0 Å². The summed E-state index contributed by atoms with van der Waals surface area (Å²) in [5.74, 6) is -1.81. The summed E-state index contributed by atoms with van der Waals surface area (Å²) in [4.78, 5) is 2.08. The Hall–Kier alpha value is -1.24. The Kier molecular flexibility index (Phi) is 5.07. The Balaban J connectivity index is 1.79. The number of benzene rings is 1. The second-order valence-corrected chi connectivity index (χ2v) is 4.55.